The summed E-state index contributed by atoms with van der Waals surface area (Å²) in [6.07, 6.45) is 1.13. The van der Waals surface area contributed by atoms with Gasteiger partial charge in [-0.05, 0) is 18.6 Å². The van der Waals surface area contributed by atoms with Crippen molar-refractivity contribution in [1.82, 2.24) is 14.9 Å². The van der Waals surface area contributed by atoms with E-state index in [-0.39, 0.29) is 24.5 Å². The highest BCUT2D eigenvalue weighted by atomic mass is 32.2. The van der Waals surface area contributed by atoms with Crippen LogP contribution in [0.5, 0.6) is 0 Å². The Labute approximate surface area is 146 Å². The number of sulfonamides is 1. The van der Waals surface area contributed by atoms with Crippen molar-refractivity contribution >= 4 is 21.8 Å². The summed E-state index contributed by atoms with van der Waals surface area (Å²) in [4.78, 5) is 23.4. The van der Waals surface area contributed by atoms with Gasteiger partial charge in [0.1, 0.15) is 6.23 Å². The average Bonchev–Trinajstić information content (AvgIpc) is 2.65. The van der Waals surface area contributed by atoms with Crippen molar-refractivity contribution in [3.8, 4) is 0 Å². The maximum atomic E-state index is 12.8. The molecule has 2 N–H and O–H groups in total. The molecule has 1 fully saturated rings. The normalized spacial score (nSPS) is 18.3. The van der Waals surface area contributed by atoms with Crippen LogP contribution in [-0.4, -0.2) is 57.0 Å². The summed E-state index contributed by atoms with van der Waals surface area (Å²) in [7, 11) is -3.75. The topological polar surface area (TPSA) is 105 Å². The van der Waals surface area contributed by atoms with E-state index in [1.807, 2.05) is 0 Å². The zero-order valence-corrected chi connectivity index (χ0v) is 14.5. The first-order valence-corrected chi connectivity index (χ1v) is 9.26. The predicted molar refractivity (Wildman–Crippen MR) is 90.9 cm³/mol. The monoisotopic (exact) mass is 367 g/mol. The number of nitrogens with zero attached hydrogens (tertiary/aromatic N) is 1. The molecule has 1 aliphatic rings. The number of benzene rings is 1. The predicted octanol–water partition coefficient (Wildman–Crippen LogP) is -0.158. The van der Waals surface area contributed by atoms with Crippen molar-refractivity contribution in [2.45, 2.75) is 17.5 Å². The summed E-state index contributed by atoms with van der Waals surface area (Å²) in [5.41, 5.74) is 0. The Morgan fingerprint density at radius 3 is 2.60 bits per heavy atom. The lowest BCUT2D eigenvalue weighted by molar-refractivity contribution is -0.140. The zero-order chi connectivity index (χ0) is 18.3. The zero-order valence-electron chi connectivity index (χ0n) is 13.7. The third-order valence-corrected chi connectivity index (χ3v) is 5.46. The minimum Gasteiger partial charge on any atom is -0.360 e. The molecule has 2 rings (SSSR count). The van der Waals surface area contributed by atoms with Crippen molar-refractivity contribution in [3.05, 3.63) is 43.0 Å². The van der Waals surface area contributed by atoms with Crippen LogP contribution in [0.3, 0.4) is 0 Å². The van der Waals surface area contributed by atoms with Gasteiger partial charge in [-0.15, -0.1) is 6.58 Å². The Balaban J connectivity index is 2.05. The lowest BCUT2D eigenvalue weighted by Gasteiger charge is -2.34. The van der Waals surface area contributed by atoms with Crippen LogP contribution >= 0.6 is 0 Å². The van der Waals surface area contributed by atoms with Crippen LogP contribution in [0.2, 0.25) is 0 Å². The van der Waals surface area contributed by atoms with Gasteiger partial charge in [0.05, 0.1) is 18.0 Å². The van der Waals surface area contributed by atoms with Crippen LogP contribution in [0.25, 0.3) is 0 Å². The summed E-state index contributed by atoms with van der Waals surface area (Å²) < 4.78 is 32.2. The van der Waals surface area contributed by atoms with E-state index in [1.54, 1.807) is 18.2 Å². The average molecular weight is 367 g/mol. The number of nitrogens with one attached hydrogen (secondary N) is 2. The van der Waals surface area contributed by atoms with E-state index in [9.17, 15) is 18.0 Å². The highest BCUT2D eigenvalue weighted by molar-refractivity contribution is 7.89. The number of ether oxygens (including phenoxy) is 1. The molecule has 0 unspecified atom stereocenters. The molecular formula is C16H21N3O5S. The third kappa shape index (κ3) is 4.88. The third-order valence-electron chi connectivity index (χ3n) is 3.55. The van der Waals surface area contributed by atoms with Crippen LogP contribution in [0.4, 0.5) is 0 Å². The van der Waals surface area contributed by atoms with Gasteiger partial charge in [0.25, 0.3) is 0 Å². The highest BCUT2D eigenvalue weighted by Gasteiger charge is 2.34. The summed E-state index contributed by atoms with van der Waals surface area (Å²) in [5, 5.41) is 4.74. The molecule has 1 heterocycles. The van der Waals surface area contributed by atoms with Crippen LogP contribution < -0.4 is 10.6 Å². The molecule has 0 aromatic heterocycles. The quantitative estimate of drug-likeness (QED) is 0.537. The van der Waals surface area contributed by atoms with Crippen molar-refractivity contribution in [2.24, 2.45) is 0 Å². The van der Waals surface area contributed by atoms with Gasteiger partial charge in [-0.25, -0.2) is 8.42 Å². The van der Waals surface area contributed by atoms with Crippen molar-refractivity contribution in [1.29, 1.82) is 0 Å². The molecule has 0 radical (unpaired) electrons. The molecule has 0 spiro atoms. The van der Waals surface area contributed by atoms with E-state index in [4.69, 9.17) is 4.74 Å². The van der Waals surface area contributed by atoms with E-state index in [0.717, 1.165) is 0 Å². The molecule has 0 saturated carbocycles. The molecule has 9 heteroatoms. The maximum Gasteiger partial charge on any atom is 0.309 e. The first-order valence-electron chi connectivity index (χ1n) is 7.82. The molecular weight excluding hydrogens is 346 g/mol. The molecule has 2 amide bonds. The first-order chi connectivity index (χ1) is 12.0. The van der Waals surface area contributed by atoms with Gasteiger partial charge in [-0.3, -0.25) is 9.59 Å². The van der Waals surface area contributed by atoms with Gasteiger partial charge in [-0.1, -0.05) is 24.3 Å². The molecule has 1 atom stereocenters. The van der Waals surface area contributed by atoms with Crippen LogP contribution in [0.1, 0.15) is 6.42 Å². The van der Waals surface area contributed by atoms with E-state index >= 15 is 0 Å². The fraction of sp³-hybridized carbons (Fsp3) is 0.375. The number of carbonyl (C=O) groups excluding carboxylic acids is 2. The molecule has 25 heavy (non-hydrogen) atoms. The Kier molecular flexibility index (Phi) is 6.68. The lowest BCUT2D eigenvalue weighted by atomic mass is 10.3. The number of rotatable bonds is 6. The van der Waals surface area contributed by atoms with Gasteiger partial charge in [0.15, 0.2) is 0 Å². The largest absolute Gasteiger partial charge is 0.360 e. The van der Waals surface area contributed by atoms with E-state index in [2.05, 4.69) is 17.2 Å². The van der Waals surface area contributed by atoms with Crippen molar-refractivity contribution in [2.75, 3.05) is 26.2 Å². The minimum atomic E-state index is -3.75. The Bertz CT molecular complexity index is 721. The fourth-order valence-corrected chi connectivity index (χ4v) is 3.92. The smallest absolute Gasteiger partial charge is 0.309 e. The van der Waals surface area contributed by atoms with Crippen LogP contribution in [0, 0.1) is 0 Å². The Hall–Kier alpha value is -2.23. The van der Waals surface area contributed by atoms with Crippen LogP contribution in [0.15, 0.2) is 47.9 Å². The minimum absolute atomic E-state index is 0.119. The van der Waals surface area contributed by atoms with Crippen LogP contribution in [-0.2, 0) is 24.3 Å². The van der Waals surface area contributed by atoms with Gasteiger partial charge >= 0.3 is 11.8 Å². The summed E-state index contributed by atoms with van der Waals surface area (Å²) in [6, 6.07) is 8.01. The summed E-state index contributed by atoms with van der Waals surface area (Å²) in [5.74, 6) is -1.67. The number of carbonyl (C=O) groups is 2. The van der Waals surface area contributed by atoms with Gasteiger partial charge < -0.3 is 15.4 Å². The lowest BCUT2D eigenvalue weighted by Crippen LogP contribution is -2.53. The fourth-order valence-electron chi connectivity index (χ4n) is 2.34. The summed E-state index contributed by atoms with van der Waals surface area (Å²) >= 11 is 0. The SMILES string of the molecule is C=CCNC(=O)C(=O)NC[C@@H]1OCCCN1S(=O)(=O)c1ccccc1. The second-order valence-corrected chi connectivity index (χ2v) is 7.21. The number of hydrogen-bond donors (Lipinski definition) is 2. The highest BCUT2D eigenvalue weighted by Crippen LogP contribution is 2.21. The molecule has 1 aromatic rings. The molecule has 1 aromatic carbocycles. The summed E-state index contributed by atoms with van der Waals surface area (Å²) in [6.45, 7) is 4.14. The molecule has 1 saturated heterocycles. The number of hydrogen-bond acceptors (Lipinski definition) is 5. The van der Waals surface area contributed by atoms with E-state index in [0.29, 0.717) is 13.0 Å². The second-order valence-electron chi connectivity index (χ2n) is 5.32. The van der Waals surface area contributed by atoms with E-state index in [1.165, 1.54) is 22.5 Å². The first kappa shape index (κ1) is 19.1. The van der Waals surface area contributed by atoms with Gasteiger partial charge in [-0.2, -0.15) is 4.31 Å². The molecule has 8 nitrogen and oxygen atoms in total. The molecule has 1 aliphatic heterocycles. The van der Waals surface area contributed by atoms with Gasteiger partial charge in [0, 0.05) is 13.1 Å². The second kappa shape index (κ2) is 8.75. The van der Waals surface area contributed by atoms with Crippen molar-refractivity contribution in [3.63, 3.8) is 0 Å². The molecule has 0 aliphatic carbocycles. The van der Waals surface area contributed by atoms with E-state index < -0.39 is 28.1 Å². The standard InChI is InChI=1S/C16H21N3O5S/c1-2-9-17-15(20)16(21)18-12-14-19(10-6-11-24-14)25(22,23)13-7-4-3-5-8-13/h2-5,7-8,14H,1,6,9-12H2,(H,17,20)(H,18,21)/t14-/m0/s1. The Morgan fingerprint density at radius 1 is 1.24 bits per heavy atom. The van der Waals surface area contributed by atoms with Crippen molar-refractivity contribution < 1.29 is 22.7 Å². The Morgan fingerprint density at radius 2 is 1.92 bits per heavy atom. The maximum absolute atomic E-state index is 12.8. The molecule has 0 bridgehead atoms. The molecule has 136 valence electrons. The number of amides is 2. The van der Waals surface area contributed by atoms with Gasteiger partial charge in [0.2, 0.25) is 10.0 Å².